The molecule has 0 saturated carbocycles. The molecular weight excluding hydrogens is 466 g/mol. The predicted octanol–water partition coefficient (Wildman–Crippen LogP) is 2.61. The highest BCUT2D eigenvalue weighted by Gasteiger charge is 2.25. The number of pyridine rings is 2. The minimum absolute atomic E-state index is 0.0312. The third kappa shape index (κ3) is 5.24. The smallest absolute Gasteiger partial charge is 0.270 e. The molecule has 9 nitrogen and oxygen atoms in total. The van der Waals surface area contributed by atoms with Crippen molar-refractivity contribution in [3.05, 3.63) is 53.9 Å². The molecule has 1 saturated heterocycles. The minimum atomic E-state index is -0.661. The number of piperidine rings is 1. The lowest BCUT2D eigenvalue weighted by atomic mass is 10.0. The first-order valence-electron chi connectivity index (χ1n) is 11.6. The van der Waals surface area contributed by atoms with Gasteiger partial charge in [-0.25, -0.2) is 4.98 Å². The zero-order valence-electron chi connectivity index (χ0n) is 19.4. The number of nitrogens with one attached hydrogen (secondary N) is 2. The van der Waals surface area contributed by atoms with E-state index in [0.717, 1.165) is 47.3 Å². The summed E-state index contributed by atoms with van der Waals surface area (Å²) in [5.41, 5.74) is 1.94. The lowest BCUT2D eigenvalue weighted by Crippen LogP contribution is -2.45. The molecule has 5 rings (SSSR count). The van der Waals surface area contributed by atoms with E-state index < -0.39 is 6.10 Å². The second kappa shape index (κ2) is 10.2. The number of hydrogen-bond acceptors (Lipinski definition) is 8. The largest absolute Gasteiger partial charge is 0.495 e. The van der Waals surface area contributed by atoms with Crippen LogP contribution in [-0.4, -0.2) is 70.3 Å². The Morgan fingerprint density at radius 3 is 2.94 bits per heavy atom. The first-order valence-corrected chi connectivity index (χ1v) is 12.6. The van der Waals surface area contributed by atoms with Gasteiger partial charge in [-0.3, -0.25) is 14.6 Å². The molecule has 2 amide bonds. The fraction of sp³-hybridized carbons (Fsp3) is 0.360. The summed E-state index contributed by atoms with van der Waals surface area (Å²) in [7, 11) is 1.60. The van der Waals surface area contributed by atoms with Crippen LogP contribution in [0.25, 0.3) is 10.9 Å². The summed E-state index contributed by atoms with van der Waals surface area (Å²) in [4.78, 5) is 36.2. The van der Waals surface area contributed by atoms with Crippen molar-refractivity contribution in [2.24, 2.45) is 0 Å². The molecule has 182 valence electrons. The summed E-state index contributed by atoms with van der Waals surface area (Å²) in [6.07, 6.45) is 2.57. The molecule has 1 unspecified atom stereocenters. The third-order valence-corrected chi connectivity index (χ3v) is 7.44. The number of methoxy groups -OCH3 is 1. The second-order valence-electron chi connectivity index (χ2n) is 8.73. The van der Waals surface area contributed by atoms with E-state index in [-0.39, 0.29) is 17.9 Å². The Kier molecular flexibility index (Phi) is 6.85. The fourth-order valence-electron chi connectivity index (χ4n) is 4.51. The summed E-state index contributed by atoms with van der Waals surface area (Å²) < 4.78 is 5.30. The van der Waals surface area contributed by atoms with E-state index in [4.69, 9.17) is 4.74 Å². The van der Waals surface area contributed by atoms with Crippen LogP contribution in [0.15, 0.2) is 47.5 Å². The number of aliphatic hydroxyl groups excluding tert-OH is 1. The Balaban J connectivity index is 1.17. The minimum Gasteiger partial charge on any atom is -0.495 e. The topological polar surface area (TPSA) is 117 Å². The number of anilines is 1. The molecule has 10 heteroatoms. The number of aromatic nitrogens is 2. The molecule has 4 heterocycles. The lowest BCUT2D eigenvalue weighted by Gasteiger charge is -2.33. The van der Waals surface area contributed by atoms with Crippen LogP contribution >= 0.6 is 11.8 Å². The summed E-state index contributed by atoms with van der Waals surface area (Å²) in [6.45, 7) is 2.03. The van der Waals surface area contributed by atoms with Gasteiger partial charge in [-0.15, -0.1) is 11.8 Å². The Morgan fingerprint density at radius 2 is 2.14 bits per heavy atom. The molecule has 2 aliphatic heterocycles. The number of β-amino-alcohol motifs (C(OH)–C–C–N with tert-alkyl or cyclic N) is 1. The van der Waals surface area contributed by atoms with Gasteiger partial charge in [-0.2, -0.15) is 0 Å². The Labute approximate surface area is 207 Å². The van der Waals surface area contributed by atoms with E-state index in [2.05, 4.69) is 25.5 Å². The van der Waals surface area contributed by atoms with Gasteiger partial charge in [-0.1, -0.05) is 12.1 Å². The van der Waals surface area contributed by atoms with Crippen LogP contribution in [0.3, 0.4) is 0 Å². The highest BCUT2D eigenvalue weighted by molar-refractivity contribution is 8.00. The van der Waals surface area contributed by atoms with Gasteiger partial charge < -0.3 is 25.4 Å². The average Bonchev–Trinajstić information content (AvgIpc) is 2.88. The van der Waals surface area contributed by atoms with Crippen LogP contribution < -0.4 is 15.4 Å². The zero-order chi connectivity index (χ0) is 24.4. The molecule has 3 aromatic rings. The van der Waals surface area contributed by atoms with E-state index in [0.29, 0.717) is 29.6 Å². The van der Waals surface area contributed by atoms with Gasteiger partial charge in [0.1, 0.15) is 17.3 Å². The molecular formula is C25H27N5O4S. The number of carbonyl (C=O) groups is 2. The van der Waals surface area contributed by atoms with Crippen LogP contribution in [0.5, 0.6) is 5.75 Å². The number of ether oxygens (including phenoxy) is 1. The number of rotatable bonds is 6. The second-order valence-corrected chi connectivity index (χ2v) is 9.75. The Morgan fingerprint density at radius 1 is 1.31 bits per heavy atom. The highest BCUT2D eigenvalue weighted by Crippen LogP contribution is 2.30. The summed E-state index contributed by atoms with van der Waals surface area (Å²) >= 11 is 1.42. The van der Waals surface area contributed by atoms with Gasteiger partial charge >= 0.3 is 0 Å². The van der Waals surface area contributed by atoms with Gasteiger partial charge in [0, 0.05) is 31.1 Å². The normalized spacial score (nSPS) is 17.5. The molecule has 1 atom stereocenters. The molecule has 0 radical (unpaired) electrons. The van der Waals surface area contributed by atoms with Crippen molar-refractivity contribution in [3.8, 4) is 5.75 Å². The van der Waals surface area contributed by atoms with Crippen molar-refractivity contribution in [1.82, 2.24) is 20.2 Å². The van der Waals surface area contributed by atoms with Crippen molar-refractivity contribution in [3.63, 3.8) is 0 Å². The van der Waals surface area contributed by atoms with E-state index in [1.54, 1.807) is 19.4 Å². The molecule has 1 aromatic carbocycles. The molecule has 1 fully saturated rings. The predicted molar refractivity (Wildman–Crippen MR) is 134 cm³/mol. The summed E-state index contributed by atoms with van der Waals surface area (Å²) in [5.74, 6) is 1.11. The standard InChI is InChI=1S/C25H27N5O4S/c1-34-16-11-18-17(3-2-4-19(18)26-12-16)21(31)13-30-9-7-15(8-10-30)27-25(33)20-5-6-22-24(28-20)29-23(32)14-35-22/h2-6,11-12,15,21,31H,7-10,13-14H2,1H3,(H,27,33)(H,28,29,32). The van der Waals surface area contributed by atoms with Crippen molar-refractivity contribution in [2.45, 2.75) is 29.9 Å². The van der Waals surface area contributed by atoms with E-state index in [1.165, 1.54) is 11.8 Å². The number of fused-ring (bicyclic) bond motifs is 2. The van der Waals surface area contributed by atoms with Gasteiger partial charge in [0.15, 0.2) is 0 Å². The number of nitrogens with zero attached hydrogens (tertiary/aromatic N) is 3. The zero-order valence-corrected chi connectivity index (χ0v) is 20.2. The highest BCUT2D eigenvalue weighted by atomic mass is 32.2. The van der Waals surface area contributed by atoms with Crippen molar-refractivity contribution in [1.29, 1.82) is 0 Å². The van der Waals surface area contributed by atoms with Gasteiger partial charge in [0.25, 0.3) is 5.91 Å². The number of thioether (sulfide) groups is 1. The number of amides is 2. The monoisotopic (exact) mass is 493 g/mol. The maximum absolute atomic E-state index is 12.7. The molecule has 0 spiro atoms. The van der Waals surface area contributed by atoms with Crippen LogP contribution in [-0.2, 0) is 4.79 Å². The van der Waals surface area contributed by atoms with Crippen molar-refractivity contribution in [2.75, 3.05) is 37.8 Å². The molecule has 2 aromatic heterocycles. The third-order valence-electron chi connectivity index (χ3n) is 6.39. The number of carbonyl (C=O) groups excluding carboxylic acids is 2. The van der Waals surface area contributed by atoms with E-state index >= 15 is 0 Å². The number of hydrogen-bond donors (Lipinski definition) is 3. The number of benzene rings is 1. The van der Waals surface area contributed by atoms with Crippen LogP contribution in [0, 0.1) is 0 Å². The maximum Gasteiger partial charge on any atom is 0.270 e. The lowest BCUT2D eigenvalue weighted by molar-refractivity contribution is -0.113. The Bertz CT molecular complexity index is 1260. The van der Waals surface area contributed by atoms with Crippen LogP contribution in [0.4, 0.5) is 5.82 Å². The quantitative estimate of drug-likeness (QED) is 0.480. The van der Waals surface area contributed by atoms with E-state index in [1.807, 2.05) is 30.3 Å². The van der Waals surface area contributed by atoms with E-state index in [9.17, 15) is 14.7 Å². The molecule has 35 heavy (non-hydrogen) atoms. The SMILES string of the molecule is COc1cnc2cccc(C(O)CN3CCC(NC(=O)c4ccc5c(n4)NC(=O)CS5)CC3)c2c1. The fourth-order valence-corrected chi connectivity index (χ4v) is 5.26. The molecule has 2 aliphatic rings. The van der Waals surface area contributed by atoms with Crippen LogP contribution in [0.1, 0.15) is 35.0 Å². The van der Waals surface area contributed by atoms with Crippen molar-refractivity contribution >= 4 is 40.3 Å². The number of likely N-dealkylation sites (tertiary alicyclic amines) is 1. The molecule has 0 bridgehead atoms. The Hall–Kier alpha value is -3.21. The molecule has 3 N–H and O–H groups in total. The number of aliphatic hydroxyl groups is 1. The maximum atomic E-state index is 12.7. The van der Waals surface area contributed by atoms with Gasteiger partial charge in [0.2, 0.25) is 5.91 Å². The first-order chi connectivity index (χ1) is 17.0. The van der Waals surface area contributed by atoms with Gasteiger partial charge in [-0.05, 0) is 42.7 Å². The molecule has 0 aliphatic carbocycles. The summed E-state index contributed by atoms with van der Waals surface area (Å²) in [5, 5.41) is 17.7. The van der Waals surface area contributed by atoms with Gasteiger partial charge in [0.05, 0.1) is 35.6 Å². The first kappa shape index (κ1) is 23.5. The summed E-state index contributed by atoms with van der Waals surface area (Å²) in [6, 6.07) is 11.2. The average molecular weight is 494 g/mol. The van der Waals surface area contributed by atoms with Crippen LogP contribution in [0.2, 0.25) is 0 Å². The van der Waals surface area contributed by atoms with Crippen molar-refractivity contribution < 1.29 is 19.4 Å².